The molecule has 3 nitrogen and oxygen atoms in total. The van der Waals surface area contributed by atoms with Crippen LogP contribution in [0.4, 0.5) is 5.82 Å². The summed E-state index contributed by atoms with van der Waals surface area (Å²) in [5.41, 5.74) is 1.34. The van der Waals surface area contributed by atoms with E-state index in [-0.39, 0.29) is 0 Å². The van der Waals surface area contributed by atoms with Crippen LogP contribution in [0.3, 0.4) is 0 Å². The van der Waals surface area contributed by atoms with E-state index in [1.807, 2.05) is 6.20 Å². The Bertz CT molecular complexity index is 378. The highest BCUT2D eigenvalue weighted by Crippen LogP contribution is 2.23. The summed E-state index contributed by atoms with van der Waals surface area (Å²) >= 11 is 0. The summed E-state index contributed by atoms with van der Waals surface area (Å²) in [5.74, 6) is 2.07. The fraction of sp³-hybridized carbons (Fsp3) is 0.688. The summed E-state index contributed by atoms with van der Waals surface area (Å²) in [5, 5.41) is 3.38. The summed E-state index contributed by atoms with van der Waals surface area (Å²) in [7, 11) is 0. The third-order valence-corrected chi connectivity index (χ3v) is 4.14. The fourth-order valence-electron chi connectivity index (χ4n) is 2.82. The Morgan fingerprint density at radius 1 is 1.32 bits per heavy atom. The molecule has 1 fully saturated rings. The van der Waals surface area contributed by atoms with Gasteiger partial charge in [-0.2, -0.15) is 0 Å². The zero-order chi connectivity index (χ0) is 13.5. The van der Waals surface area contributed by atoms with Crippen LogP contribution in [0.2, 0.25) is 0 Å². The Morgan fingerprint density at radius 3 is 3.00 bits per heavy atom. The Balaban J connectivity index is 2.00. The van der Waals surface area contributed by atoms with Crippen LogP contribution < -0.4 is 10.2 Å². The van der Waals surface area contributed by atoms with Crippen LogP contribution in [-0.4, -0.2) is 24.6 Å². The summed E-state index contributed by atoms with van der Waals surface area (Å²) in [6.07, 6.45) is 7.27. The predicted molar refractivity (Wildman–Crippen MR) is 81.5 cm³/mol. The van der Waals surface area contributed by atoms with E-state index in [0.29, 0.717) is 0 Å². The third kappa shape index (κ3) is 4.20. The lowest BCUT2D eigenvalue weighted by atomic mass is 9.98. The molecule has 1 aromatic heterocycles. The fourth-order valence-corrected chi connectivity index (χ4v) is 2.82. The van der Waals surface area contributed by atoms with Crippen LogP contribution in [0.25, 0.3) is 0 Å². The van der Waals surface area contributed by atoms with Crippen molar-refractivity contribution in [1.82, 2.24) is 10.3 Å². The van der Waals surface area contributed by atoms with Gasteiger partial charge in [-0.15, -0.1) is 0 Å². The van der Waals surface area contributed by atoms with Crippen LogP contribution in [0.1, 0.15) is 45.1 Å². The number of aromatic nitrogens is 1. The normalized spacial score (nSPS) is 20.3. The Hall–Kier alpha value is -1.09. The van der Waals surface area contributed by atoms with Gasteiger partial charge >= 0.3 is 0 Å². The van der Waals surface area contributed by atoms with Crippen molar-refractivity contribution < 1.29 is 0 Å². The molecular formula is C16H27N3. The van der Waals surface area contributed by atoms with E-state index in [1.165, 1.54) is 31.2 Å². The highest BCUT2D eigenvalue weighted by molar-refractivity contribution is 5.41. The zero-order valence-corrected chi connectivity index (χ0v) is 12.4. The molecule has 19 heavy (non-hydrogen) atoms. The van der Waals surface area contributed by atoms with E-state index in [4.69, 9.17) is 0 Å². The average Bonchev–Trinajstić information content (AvgIpc) is 2.71. The van der Waals surface area contributed by atoms with Crippen LogP contribution in [0.15, 0.2) is 18.3 Å². The minimum absolute atomic E-state index is 0.912. The molecule has 1 aliphatic heterocycles. The van der Waals surface area contributed by atoms with Gasteiger partial charge < -0.3 is 10.2 Å². The van der Waals surface area contributed by atoms with Gasteiger partial charge in [-0.25, -0.2) is 4.98 Å². The van der Waals surface area contributed by atoms with Crippen LogP contribution in [0.5, 0.6) is 0 Å². The zero-order valence-electron chi connectivity index (χ0n) is 12.4. The molecule has 106 valence electrons. The van der Waals surface area contributed by atoms with E-state index in [1.54, 1.807) is 0 Å². The number of pyridine rings is 1. The first-order valence-electron chi connectivity index (χ1n) is 7.74. The second kappa shape index (κ2) is 7.49. The Kier molecular flexibility index (Phi) is 5.64. The first-order chi connectivity index (χ1) is 9.33. The highest BCUT2D eigenvalue weighted by atomic mass is 15.2. The van der Waals surface area contributed by atoms with Crippen LogP contribution in [0, 0.1) is 5.92 Å². The molecule has 0 aromatic carbocycles. The van der Waals surface area contributed by atoms with Crippen LogP contribution >= 0.6 is 0 Å². The molecule has 2 heterocycles. The topological polar surface area (TPSA) is 28.2 Å². The summed E-state index contributed by atoms with van der Waals surface area (Å²) in [6, 6.07) is 4.35. The summed E-state index contributed by atoms with van der Waals surface area (Å²) in [4.78, 5) is 7.03. The van der Waals surface area contributed by atoms with Crippen molar-refractivity contribution in [3.8, 4) is 0 Å². The molecule has 1 aliphatic rings. The maximum absolute atomic E-state index is 4.56. The van der Waals surface area contributed by atoms with Crippen molar-refractivity contribution in [3.63, 3.8) is 0 Å². The lowest BCUT2D eigenvalue weighted by Crippen LogP contribution is -2.25. The number of nitrogens with one attached hydrogen (secondary N) is 1. The number of nitrogens with zero attached hydrogens (tertiary/aromatic N) is 2. The lowest BCUT2D eigenvalue weighted by molar-refractivity contribution is 0.459. The minimum Gasteiger partial charge on any atom is -0.357 e. The van der Waals surface area contributed by atoms with E-state index in [9.17, 15) is 0 Å². The minimum atomic E-state index is 0.912. The van der Waals surface area contributed by atoms with Gasteiger partial charge in [-0.3, -0.25) is 0 Å². The van der Waals surface area contributed by atoms with Crippen molar-refractivity contribution >= 4 is 5.82 Å². The van der Waals surface area contributed by atoms with Gasteiger partial charge in [0.05, 0.1) is 0 Å². The maximum atomic E-state index is 4.56. The smallest absolute Gasteiger partial charge is 0.128 e. The molecule has 3 heteroatoms. The molecular weight excluding hydrogens is 234 g/mol. The molecule has 1 aromatic rings. The second-order valence-corrected chi connectivity index (χ2v) is 5.49. The van der Waals surface area contributed by atoms with E-state index in [2.05, 4.69) is 41.2 Å². The van der Waals surface area contributed by atoms with Gasteiger partial charge in [0.1, 0.15) is 5.82 Å². The average molecular weight is 261 g/mol. The van der Waals surface area contributed by atoms with Crippen molar-refractivity contribution in [2.45, 2.75) is 46.1 Å². The quantitative estimate of drug-likeness (QED) is 0.882. The van der Waals surface area contributed by atoms with Gasteiger partial charge in [0.2, 0.25) is 0 Å². The number of hydrogen-bond donors (Lipinski definition) is 1. The number of rotatable bonds is 5. The van der Waals surface area contributed by atoms with Crippen LogP contribution in [-0.2, 0) is 6.54 Å². The van der Waals surface area contributed by atoms with E-state index < -0.39 is 0 Å². The lowest BCUT2D eigenvalue weighted by Gasteiger charge is -2.22. The highest BCUT2D eigenvalue weighted by Gasteiger charge is 2.16. The Morgan fingerprint density at radius 2 is 2.21 bits per heavy atom. The first kappa shape index (κ1) is 14.3. The van der Waals surface area contributed by atoms with E-state index in [0.717, 1.165) is 37.9 Å². The maximum Gasteiger partial charge on any atom is 0.128 e. The number of hydrogen-bond acceptors (Lipinski definition) is 3. The van der Waals surface area contributed by atoms with Gasteiger partial charge in [-0.05, 0) is 49.4 Å². The molecule has 0 spiro atoms. The molecule has 0 radical (unpaired) electrons. The van der Waals surface area contributed by atoms with Crippen molar-refractivity contribution in [3.05, 3.63) is 23.9 Å². The van der Waals surface area contributed by atoms with Gasteiger partial charge in [-0.1, -0.05) is 20.3 Å². The van der Waals surface area contributed by atoms with Gasteiger partial charge in [0, 0.05) is 25.8 Å². The molecule has 2 rings (SSSR count). The standard InChI is InChI=1S/C16H27N3/c1-3-14-6-5-10-19(11-8-14)16-12-15(7-9-18-16)13-17-4-2/h7,9,12,14,17H,3-6,8,10-11,13H2,1-2H3. The van der Waals surface area contributed by atoms with Crippen molar-refractivity contribution in [2.24, 2.45) is 5.92 Å². The molecule has 0 saturated carbocycles. The molecule has 0 bridgehead atoms. The second-order valence-electron chi connectivity index (χ2n) is 5.49. The SMILES string of the molecule is CCNCc1ccnc(N2CCCC(CC)CC2)c1. The van der Waals surface area contributed by atoms with Gasteiger partial charge in [0.15, 0.2) is 0 Å². The molecule has 1 saturated heterocycles. The van der Waals surface area contributed by atoms with Crippen molar-refractivity contribution in [2.75, 3.05) is 24.5 Å². The molecule has 0 amide bonds. The predicted octanol–water partition coefficient (Wildman–Crippen LogP) is 3.21. The monoisotopic (exact) mass is 261 g/mol. The molecule has 1 N–H and O–H groups in total. The summed E-state index contributed by atoms with van der Waals surface area (Å²) in [6.45, 7) is 8.73. The van der Waals surface area contributed by atoms with E-state index >= 15 is 0 Å². The number of anilines is 1. The van der Waals surface area contributed by atoms with Gasteiger partial charge in [0.25, 0.3) is 0 Å². The summed E-state index contributed by atoms with van der Waals surface area (Å²) < 4.78 is 0. The third-order valence-electron chi connectivity index (χ3n) is 4.14. The molecule has 1 unspecified atom stereocenters. The molecule has 1 atom stereocenters. The molecule has 0 aliphatic carbocycles. The van der Waals surface area contributed by atoms with Crippen molar-refractivity contribution in [1.29, 1.82) is 0 Å². The Labute approximate surface area is 117 Å². The largest absolute Gasteiger partial charge is 0.357 e. The first-order valence-corrected chi connectivity index (χ1v) is 7.74.